The van der Waals surface area contributed by atoms with Gasteiger partial charge < -0.3 is 9.47 Å². The fourth-order valence-corrected chi connectivity index (χ4v) is 2.02. The lowest BCUT2D eigenvalue weighted by molar-refractivity contribution is 0.184. The normalized spacial score (nSPS) is 10.3. The molecule has 0 saturated carbocycles. The van der Waals surface area contributed by atoms with Gasteiger partial charge in [0.1, 0.15) is 5.75 Å². The maximum Gasteiger partial charge on any atom is 0.223 e. The molecule has 0 fully saturated rings. The van der Waals surface area contributed by atoms with E-state index in [0.29, 0.717) is 17.8 Å². The number of hydrogen-bond donors (Lipinski definition) is 0. The van der Waals surface area contributed by atoms with Gasteiger partial charge in [0.05, 0.1) is 6.61 Å². The molecule has 0 N–H and O–H groups in total. The Labute approximate surface area is 115 Å². The van der Waals surface area contributed by atoms with Crippen molar-refractivity contribution in [1.82, 2.24) is 4.98 Å². The van der Waals surface area contributed by atoms with Gasteiger partial charge >= 0.3 is 0 Å². The number of alkyl halides is 1. The van der Waals surface area contributed by atoms with Gasteiger partial charge in [-0.15, -0.1) is 0 Å². The molecule has 0 aliphatic carbocycles. The van der Waals surface area contributed by atoms with Crippen molar-refractivity contribution in [2.45, 2.75) is 11.9 Å². The third kappa shape index (κ3) is 3.31. The number of pyridine rings is 1. The van der Waals surface area contributed by atoms with E-state index >= 15 is 0 Å². The summed E-state index contributed by atoms with van der Waals surface area (Å²) in [6.07, 6.45) is 1.72. The number of ether oxygens (including phenoxy) is 2. The van der Waals surface area contributed by atoms with Crippen LogP contribution in [-0.2, 0) is 16.7 Å². The summed E-state index contributed by atoms with van der Waals surface area (Å²) in [4.78, 5) is 4.24. The summed E-state index contributed by atoms with van der Waals surface area (Å²) in [5, 5.41) is 0.716. The van der Waals surface area contributed by atoms with Crippen molar-refractivity contribution in [1.29, 1.82) is 0 Å². The molecule has 0 amide bonds. The number of rotatable bonds is 5. The highest BCUT2D eigenvalue weighted by molar-refractivity contribution is 9.08. The second-order valence-corrected chi connectivity index (χ2v) is 4.34. The van der Waals surface area contributed by atoms with Crippen LogP contribution in [0.3, 0.4) is 0 Å². The number of halogens is 1. The summed E-state index contributed by atoms with van der Waals surface area (Å²) >= 11 is 3.42. The van der Waals surface area contributed by atoms with Gasteiger partial charge in [-0.05, 0) is 23.8 Å². The van der Waals surface area contributed by atoms with Gasteiger partial charge in [0, 0.05) is 24.2 Å². The fourth-order valence-electron chi connectivity index (χ4n) is 1.59. The lowest BCUT2D eigenvalue weighted by Crippen LogP contribution is -1.93. The summed E-state index contributed by atoms with van der Waals surface area (Å²) in [6, 6.07) is 11.7. The quantitative estimate of drug-likeness (QED) is 0.785. The van der Waals surface area contributed by atoms with E-state index in [1.54, 1.807) is 13.3 Å². The zero-order valence-electron chi connectivity index (χ0n) is 10.1. The van der Waals surface area contributed by atoms with Crippen molar-refractivity contribution < 1.29 is 9.47 Å². The van der Waals surface area contributed by atoms with E-state index < -0.39 is 0 Å². The van der Waals surface area contributed by atoms with Crippen molar-refractivity contribution >= 4 is 15.9 Å². The molecule has 2 rings (SSSR count). The molecule has 0 aliphatic rings. The van der Waals surface area contributed by atoms with E-state index in [0.717, 1.165) is 16.9 Å². The molecule has 1 heterocycles. The SMILES string of the molecule is COCc1cccc(Oc2ncccc2CBr)c1. The van der Waals surface area contributed by atoms with Gasteiger partial charge in [0.2, 0.25) is 5.88 Å². The summed E-state index contributed by atoms with van der Waals surface area (Å²) < 4.78 is 10.9. The zero-order valence-corrected chi connectivity index (χ0v) is 11.7. The molecule has 0 unspecified atom stereocenters. The Hall–Kier alpha value is -1.39. The molecule has 0 spiro atoms. The average Bonchev–Trinajstić information content (AvgIpc) is 2.40. The second kappa shape index (κ2) is 6.52. The van der Waals surface area contributed by atoms with Crippen LogP contribution in [0.2, 0.25) is 0 Å². The average molecular weight is 308 g/mol. The molecule has 4 heteroatoms. The molecular formula is C14H14BrNO2. The number of methoxy groups -OCH3 is 1. The van der Waals surface area contributed by atoms with E-state index in [4.69, 9.17) is 9.47 Å². The lowest BCUT2D eigenvalue weighted by atomic mass is 10.2. The van der Waals surface area contributed by atoms with Crippen LogP contribution in [0.4, 0.5) is 0 Å². The van der Waals surface area contributed by atoms with E-state index in [-0.39, 0.29) is 0 Å². The largest absolute Gasteiger partial charge is 0.439 e. The van der Waals surface area contributed by atoms with Gasteiger partial charge in [0.15, 0.2) is 0 Å². The van der Waals surface area contributed by atoms with Gasteiger partial charge in [-0.25, -0.2) is 4.98 Å². The molecule has 1 aromatic heterocycles. The van der Waals surface area contributed by atoms with Crippen molar-refractivity contribution in [2.75, 3.05) is 7.11 Å². The Kier molecular flexibility index (Phi) is 4.73. The highest BCUT2D eigenvalue weighted by Gasteiger charge is 2.05. The van der Waals surface area contributed by atoms with Crippen LogP contribution in [0.25, 0.3) is 0 Å². The molecule has 0 bridgehead atoms. The number of hydrogen-bond acceptors (Lipinski definition) is 3. The first-order chi connectivity index (χ1) is 8.83. The Morgan fingerprint density at radius 3 is 2.89 bits per heavy atom. The van der Waals surface area contributed by atoms with E-state index in [9.17, 15) is 0 Å². The first-order valence-corrected chi connectivity index (χ1v) is 6.71. The maximum atomic E-state index is 5.79. The molecular weight excluding hydrogens is 294 g/mol. The van der Waals surface area contributed by atoms with Crippen LogP contribution in [0.1, 0.15) is 11.1 Å². The number of benzene rings is 1. The minimum Gasteiger partial charge on any atom is -0.439 e. The van der Waals surface area contributed by atoms with Gasteiger partial charge in [-0.3, -0.25) is 0 Å². The summed E-state index contributed by atoms with van der Waals surface area (Å²) in [6.45, 7) is 0.574. The molecule has 0 aliphatic heterocycles. The highest BCUT2D eigenvalue weighted by Crippen LogP contribution is 2.25. The Morgan fingerprint density at radius 1 is 1.22 bits per heavy atom. The maximum absolute atomic E-state index is 5.79. The Morgan fingerprint density at radius 2 is 2.11 bits per heavy atom. The smallest absolute Gasteiger partial charge is 0.223 e. The van der Waals surface area contributed by atoms with Crippen LogP contribution in [0.5, 0.6) is 11.6 Å². The molecule has 18 heavy (non-hydrogen) atoms. The van der Waals surface area contributed by atoms with Crippen LogP contribution < -0.4 is 4.74 Å². The third-order valence-corrected chi connectivity index (χ3v) is 3.02. The van der Waals surface area contributed by atoms with Gasteiger partial charge in [0.25, 0.3) is 0 Å². The standard InChI is InChI=1S/C14H14BrNO2/c1-17-10-11-4-2-6-13(8-11)18-14-12(9-15)5-3-7-16-14/h2-8H,9-10H2,1H3. The van der Waals surface area contributed by atoms with Crippen LogP contribution in [0, 0.1) is 0 Å². The zero-order chi connectivity index (χ0) is 12.8. The fraction of sp³-hybridized carbons (Fsp3) is 0.214. The monoisotopic (exact) mass is 307 g/mol. The molecule has 0 saturated heterocycles. The first kappa shape index (κ1) is 13.1. The second-order valence-electron chi connectivity index (χ2n) is 3.78. The highest BCUT2D eigenvalue weighted by atomic mass is 79.9. The first-order valence-electron chi connectivity index (χ1n) is 5.59. The summed E-state index contributed by atoms with van der Waals surface area (Å²) in [5.41, 5.74) is 2.10. The summed E-state index contributed by atoms with van der Waals surface area (Å²) in [5.74, 6) is 1.40. The Bertz CT molecular complexity index is 517. The predicted octanol–water partition coefficient (Wildman–Crippen LogP) is 3.92. The molecule has 2 aromatic rings. The van der Waals surface area contributed by atoms with E-state index in [1.165, 1.54) is 0 Å². The molecule has 0 radical (unpaired) electrons. The summed E-state index contributed by atoms with van der Waals surface area (Å²) in [7, 11) is 1.68. The van der Waals surface area contributed by atoms with Crippen molar-refractivity contribution in [3.05, 3.63) is 53.7 Å². The van der Waals surface area contributed by atoms with Crippen LogP contribution >= 0.6 is 15.9 Å². The molecule has 1 aromatic carbocycles. The number of nitrogens with zero attached hydrogens (tertiary/aromatic N) is 1. The van der Waals surface area contributed by atoms with E-state index in [1.807, 2.05) is 36.4 Å². The van der Waals surface area contributed by atoms with Crippen molar-refractivity contribution in [3.8, 4) is 11.6 Å². The minimum atomic E-state index is 0.574. The predicted molar refractivity (Wildman–Crippen MR) is 74.1 cm³/mol. The number of aromatic nitrogens is 1. The molecule has 94 valence electrons. The lowest BCUT2D eigenvalue weighted by Gasteiger charge is -2.09. The van der Waals surface area contributed by atoms with Gasteiger partial charge in [-0.2, -0.15) is 0 Å². The topological polar surface area (TPSA) is 31.4 Å². The van der Waals surface area contributed by atoms with E-state index in [2.05, 4.69) is 20.9 Å². The Balaban J connectivity index is 2.20. The third-order valence-electron chi connectivity index (χ3n) is 2.42. The molecule has 3 nitrogen and oxygen atoms in total. The van der Waals surface area contributed by atoms with Crippen LogP contribution in [0.15, 0.2) is 42.6 Å². The van der Waals surface area contributed by atoms with Crippen molar-refractivity contribution in [2.24, 2.45) is 0 Å². The van der Waals surface area contributed by atoms with Crippen LogP contribution in [-0.4, -0.2) is 12.1 Å². The minimum absolute atomic E-state index is 0.574. The molecule has 0 atom stereocenters. The van der Waals surface area contributed by atoms with Gasteiger partial charge in [-0.1, -0.05) is 34.1 Å². The van der Waals surface area contributed by atoms with Crippen molar-refractivity contribution in [3.63, 3.8) is 0 Å².